The molecule has 1 aliphatic rings. The Morgan fingerprint density at radius 2 is 2.47 bits per heavy atom. The fourth-order valence-corrected chi connectivity index (χ4v) is 1.88. The molecule has 94 valence electrons. The van der Waals surface area contributed by atoms with Crippen molar-refractivity contribution in [1.29, 1.82) is 0 Å². The second-order valence-corrected chi connectivity index (χ2v) is 4.02. The van der Waals surface area contributed by atoms with Crippen molar-refractivity contribution in [2.24, 2.45) is 0 Å². The highest BCUT2D eigenvalue weighted by molar-refractivity contribution is 5.26. The molecule has 0 bridgehead atoms. The average Bonchev–Trinajstić information content (AvgIpc) is 2.65. The first-order valence-corrected chi connectivity index (χ1v) is 5.40. The number of aliphatic hydroxyl groups excluding tert-OH is 1. The largest absolute Gasteiger partial charge is 0.388 e. The number of nitrogens with two attached hydrogens (primary N) is 1. The minimum atomic E-state index is -0.893. The van der Waals surface area contributed by atoms with Crippen molar-refractivity contribution in [1.82, 2.24) is 9.55 Å². The van der Waals surface area contributed by atoms with Gasteiger partial charge in [-0.15, -0.1) is 0 Å². The zero-order chi connectivity index (χ0) is 12.6. The number of aliphatic hydroxyl groups is 1. The number of aromatic nitrogens is 2. The van der Waals surface area contributed by atoms with E-state index in [0.717, 1.165) is 10.8 Å². The standard InChI is InChI=1S/C10H14FN3O3/c1-2-5-3-7(15)9(17-5)14-4-6(11)8(12)13-10(14)16/h4-5,7,9,15H,2-3H2,1H3,(H2,12,13,16)/t5-,7-,9-/m1/s1. The minimum Gasteiger partial charge on any atom is -0.388 e. The van der Waals surface area contributed by atoms with E-state index in [4.69, 9.17) is 10.5 Å². The first kappa shape index (κ1) is 12.0. The monoisotopic (exact) mass is 243 g/mol. The van der Waals surface area contributed by atoms with E-state index in [1.54, 1.807) is 0 Å². The molecule has 0 radical (unpaired) electrons. The van der Waals surface area contributed by atoms with Gasteiger partial charge in [-0.3, -0.25) is 4.57 Å². The number of hydrogen-bond donors (Lipinski definition) is 2. The van der Waals surface area contributed by atoms with Crippen molar-refractivity contribution in [2.45, 2.75) is 38.2 Å². The summed E-state index contributed by atoms with van der Waals surface area (Å²) in [7, 11) is 0. The highest BCUT2D eigenvalue weighted by Gasteiger charge is 2.35. The van der Waals surface area contributed by atoms with Crippen LogP contribution in [0.15, 0.2) is 11.0 Å². The molecule has 0 aromatic carbocycles. The molecule has 1 saturated heterocycles. The van der Waals surface area contributed by atoms with E-state index in [1.165, 1.54) is 0 Å². The zero-order valence-electron chi connectivity index (χ0n) is 9.34. The molecule has 2 heterocycles. The molecule has 0 aliphatic carbocycles. The summed E-state index contributed by atoms with van der Waals surface area (Å²) in [6, 6.07) is 0. The van der Waals surface area contributed by atoms with Crippen LogP contribution >= 0.6 is 0 Å². The SMILES string of the molecule is CC[C@@H]1C[C@@H](O)[C@H](n2cc(F)c(N)nc2=O)O1. The van der Waals surface area contributed by atoms with E-state index in [1.807, 2.05) is 6.92 Å². The summed E-state index contributed by atoms with van der Waals surface area (Å²) in [4.78, 5) is 14.9. The minimum absolute atomic E-state index is 0.137. The van der Waals surface area contributed by atoms with E-state index in [-0.39, 0.29) is 6.10 Å². The van der Waals surface area contributed by atoms with Crippen molar-refractivity contribution in [3.05, 3.63) is 22.5 Å². The summed E-state index contributed by atoms with van der Waals surface area (Å²) in [5, 5.41) is 9.76. The third-order valence-corrected chi connectivity index (χ3v) is 2.83. The van der Waals surface area contributed by atoms with Gasteiger partial charge in [0.15, 0.2) is 17.9 Å². The number of nitrogen functional groups attached to an aromatic ring is 1. The van der Waals surface area contributed by atoms with E-state index in [9.17, 15) is 14.3 Å². The maximum absolute atomic E-state index is 13.2. The summed E-state index contributed by atoms with van der Waals surface area (Å²) in [5.41, 5.74) is 4.44. The van der Waals surface area contributed by atoms with Crippen LogP contribution in [0.4, 0.5) is 10.2 Å². The number of nitrogens with zero attached hydrogens (tertiary/aromatic N) is 2. The van der Waals surface area contributed by atoms with Crippen LogP contribution in [0.2, 0.25) is 0 Å². The number of rotatable bonds is 2. The molecular weight excluding hydrogens is 229 g/mol. The van der Waals surface area contributed by atoms with E-state index >= 15 is 0 Å². The van der Waals surface area contributed by atoms with Crippen molar-refractivity contribution in [3.8, 4) is 0 Å². The summed E-state index contributed by atoms with van der Waals surface area (Å²) in [6.45, 7) is 1.91. The zero-order valence-corrected chi connectivity index (χ0v) is 9.34. The third kappa shape index (κ3) is 2.16. The van der Waals surface area contributed by atoms with Crippen molar-refractivity contribution in [3.63, 3.8) is 0 Å². The first-order valence-electron chi connectivity index (χ1n) is 5.40. The third-order valence-electron chi connectivity index (χ3n) is 2.83. The molecule has 1 aromatic heterocycles. The van der Waals surface area contributed by atoms with Gasteiger partial charge < -0.3 is 15.6 Å². The molecular formula is C10H14FN3O3. The Bertz CT molecular complexity index is 476. The number of hydrogen-bond acceptors (Lipinski definition) is 5. The Labute approximate surface area is 96.8 Å². The molecule has 17 heavy (non-hydrogen) atoms. The van der Waals surface area contributed by atoms with E-state index in [2.05, 4.69) is 4.98 Å². The van der Waals surface area contributed by atoms with Crippen LogP contribution < -0.4 is 11.4 Å². The molecule has 1 fully saturated rings. The Kier molecular flexibility index (Phi) is 3.12. The predicted molar refractivity (Wildman–Crippen MR) is 57.7 cm³/mol. The Morgan fingerprint density at radius 3 is 3.06 bits per heavy atom. The van der Waals surface area contributed by atoms with Gasteiger partial charge in [-0.1, -0.05) is 6.92 Å². The average molecular weight is 243 g/mol. The molecule has 0 unspecified atom stereocenters. The fourth-order valence-electron chi connectivity index (χ4n) is 1.88. The molecule has 3 atom stereocenters. The summed E-state index contributed by atoms with van der Waals surface area (Å²) >= 11 is 0. The molecule has 0 amide bonds. The molecule has 0 saturated carbocycles. The van der Waals surface area contributed by atoms with E-state index < -0.39 is 29.7 Å². The van der Waals surface area contributed by atoms with Crippen LogP contribution in [0.5, 0.6) is 0 Å². The van der Waals surface area contributed by atoms with Gasteiger partial charge in [0.2, 0.25) is 0 Å². The number of halogens is 1. The maximum Gasteiger partial charge on any atom is 0.351 e. The quantitative estimate of drug-likeness (QED) is 0.764. The topological polar surface area (TPSA) is 90.4 Å². The smallest absolute Gasteiger partial charge is 0.351 e. The highest BCUT2D eigenvalue weighted by atomic mass is 19.1. The van der Waals surface area contributed by atoms with Gasteiger partial charge in [0.25, 0.3) is 0 Å². The Balaban J connectivity index is 2.35. The highest BCUT2D eigenvalue weighted by Crippen LogP contribution is 2.29. The molecule has 2 rings (SSSR count). The molecule has 7 heteroatoms. The second kappa shape index (κ2) is 4.42. The van der Waals surface area contributed by atoms with Crippen molar-refractivity contribution < 1.29 is 14.2 Å². The predicted octanol–water partition coefficient (Wildman–Crippen LogP) is 0.0230. The van der Waals surface area contributed by atoms with Crippen LogP contribution in [0, 0.1) is 5.82 Å². The Morgan fingerprint density at radius 1 is 1.76 bits per heavy atom. The van der Waals surface area contributed by atoms with Crippen molar-refractivity contribution >= 4 is 5.82 Å². The van der Waals surface area contributed by atoms with Gasteiger partial charge in [0, 0.05) is 6.42 Å². The molecule has 6 nitrogen and oxygen atoms in total. The van der Waals surface area contributed by atoms with Gasteiger partial charge in [-0.25, -0.2) is 9.18 Å². The molecule has 0 spiro atoms. The van der Waals surface area contributed by atoms with Gasteiger partial charge in [0.05, 0.1) is 12.3 Å². The van der Waals surface area contributed by atoms with Crippen LogP contribution in [0.25, 0.3) is 0 Å². The summed E-state index contributed by atoms with van der Waals surface area (Å²) in [6.07, 6.45) is 0.170. The summed E-state index contributed by atoms with van der Waals surface area (Å²) < 4.78 is 19.6. The Hall–Kier alpha value is -1.47. The molecule has 1 aromatic rings. The van der Waals surface area contributed by atoms with Gasteiger partial charge >= 0.3 is 5.69 Å². The number of ether oxygens (including phenoxy) is 1. The van der Waals surface area contributed by atoms with Gasteiger partial charge in [0.1, 0.15) is 6.10 Å². The lowest BCUT2D eigenvalue weighted by Crippen LogP contribution is -2.32. The van der Waals surface area contributed by atoms with Crippen LogP contribution in [-0.4, -0.2) is 26.9 Å². The maximum atomic E-state index is 13.2. The molecule has 1 aliphatic heterocycles. The van der Waals surface area contributed by atoms with Crippen LogP contribution in [0.1, 0.15) is 26.0 Å². The lowest BCUT2D eigenvalue weighted by atomic mass is 10.1. The second-order valence-electron chi connectivity index (χ2n) is 4.02. The van der Waals surface area contributed by atoms with E-state index in [0.29, 0.717) is 12.8 Å². The number of anilines is 1. The van der Waals surface area contributed by atoms with Crippen molar-refractivity contribution in [2.75, 3.05) is 5.73 Å². The van der Waals surface area contributed by atoms with Gasteiger partial charge in [-0.2, -0.15) is 4.98 Å². The lowest BCUT2D eigenvalue weighted by molar-refractivity contribution is -0.0408. The van der Waals surface area contributed by atoms with Crippen LogP contribution in [-0.2, 0) is 4.74 Å². The van der Waals surface area contributed by atoms with Gasteiger partial charge in [-0.05, 0) is 6.42 Å². The summed E-state index contributed by atoms with van der Waals surface area (Å²) in [5.74, 6) is -1.26. The van der Waals surface area contributed by atoms with Crippen LogP contribution in [0.3, 0.4) is 0 Å². The lowest BCUT2D eigenvalue weighted by Gasteiger charge is -2.17. The molecule has 3 N–H and O–H groups in total. The normalized spacial score (nSPS) is 28.5. The first-order chi connectivity index (χ1) is 8.02. The fraction of sp³-hybridized carbons (Fsp3) is 0.600.